The number of aryl methyl sites for hydroxylation is 1. The summed E-state index contributed by atoms with van der Waals surface area (Å²) in [5.41, 5.74) is 2.37. The van der Waals surface area contributed by atoms with Crippen molar-refractivity contribution in [3.05, 3.63) is 58.2 Å². The Hall–Kier alpha value is -0.800. The molecule has 0 saturated carbocycles. The number of benzene rings is 1. The topological polar surface area (TPSA) is 12.9 Å². The minimum absolute atomic E-state index is 0.967. The fraction of sp³-hybridized carbons (Fsp3) is 0.154. The van der Waals surface area contributed by atoms with E-state index in [1.807, 2.05) is 19.1 Å². The molecule has 0 fully saturated rings. The van der Waals surface area contributed by atoms with Crippen LogP contribution in [0.2, 0.25) is 0 Å². The molecule has 0 amide bonds. The number of nitrogens with zero attached hydrogens (tertiary/aromatic N) is 1. The Labute approximate surface area is 108 Å². The van der Waals surface area contributed by atoms with Gasteiger partial charge in [-0.2, -0.15) is 0 Å². The molecule has 0 atom stereocenters. The Balaban J connectivity index is 2.03. The summed E-state index contributed by atoms with van der Waals surface area (Å²) in [6, 6.07) is 14.5. The van der Waals surface area contributed by atoms with E-state index in [1.54, 1.807) is 11.8 Å². The van der Waals surface area contributed by atoms with Gasteiger partial charge >= 0.3 is 0 Å². The highest BCUT2D eigenvalue weighted by Gasteiger charge is 2.00. The first-order valence-corrected chi connectivity index (χ1v) is 6.83. The number of aromatic nitrogens is 1. The van der Waals surface area contributed by atoms with Crippen LogP contribution in [0.5, 0.6) is 0 Å². The predicted octanol–water partition coefficient (Wildman–Crippen LogP) is 4.44. The van der Waals surface area contributed by atoms with Crippen molar-refractivity contribution < 1.29 is 0 Å². The van der Waals surface area contributed by atoms with Gasteiger partial charge < -0.3 is 0 Å². The third-order valence-corrected chi connectivity index (χ3v) is 4.06. The second-order valence-electron chi connectivity index (χ2n) is 3.49. The van der Waals surface area contributed by atoms with Crippen molar-refractivity contribution in [2.75, 3.05) is 0 Å². The van der Waals surface area contributed by atoms with Gasteiger partial charge in [0.15, 0.2) is 0 Å². The number of hydrogen-bond acceptors (Lipinski definition) is 2. The summed E-state index contributed by atoms with van der Waals surface area (Å²) in [6.45, 7) is 2.01. The third-order valence-electron chi connectivity index (χ3n) is 2.23. The summed E-state index contributed by atoms with van der Waals surface area (Å²) in [4.78, 5) is 4.50. The van der Waals surface area contributed by atoms with Gasteiger partial charge in [-0.1, -0.05) is 30.3 Å². The van der Waals surface area contributed by atoms with Crippen LogP contribution in [-0.2, 0) is 5.75 Å². The van der Waals surface area contributed by atoms with Gasteiger partial charge in [-0.15, -0.1) is 11.8 Å². The maximum Gasteiger partial charge on any atom is 0.0967 e. The van der Waals surface area contributed by atoms with Crippen molar-refractivity contribution in [3.8, 4) is 0 Å². The summed E-state index contributed by atoms with van der Waals surface area (Å²) in [7, 11) is 0. The molecule has 0 saturated heterocycles. The SMILES string of the molecule is Cc1nc(SCc2ccccc2)ccc1Br. The molecule has 0 bridgehead atoms. The minimum Gasteiger partial charge on any atom is -0.246 e. The van der Waals surface area contributed by atoms with E-state index in [4.69, 9.17) is 0 Å². The minimum atomic E-state index is 0.967. The standard InChI is InChI=1S/C13H12BrNS/c1-10-12(14)7-8-13(15-10)16-9-11-5-3-2-4-6-11/h2-8H,9H2,1H3. The average Bonchev–Trinajstić information content (AvgIpc) is 2.32. The van der Waals surface area contributed by atoms with Crippen LogP contribution >= 0.6 is 27.7 Å². The average molecular weight is 294 g/mol. The first-order valence-electron chi connectivity index (χ1n) is 5.05. The quantitative estimate of drug-likeness (QED) is 0.776. The lowest BCUT2D eigenvalue weighted by atomic mass is 10.2. The maximum atomic E-state index is 4.50. The zero-order valence-electron chi connectivity index (χ0n) is 8.98. The van der Waals surface area contributed by atoms with E-state index in [0.29, 0.717) is 0 Å². The van der Waals surface area contributed by atoms with Gasteiger partial charge in [0, 0.05) is 10.2 Å². The summed E-state index contributed by atoms with van der Waals surface area (Å²) in [5, 5.41) is 1.07. The molecule has 0 aliphatic rings. The fourth-order valence-electron chi connectivity index (χ4n) is 1.33. The first kappa shape index (κ1) is 11.7. The van der Waals surface area contributed by atoms with Crippen molar-refractivity contribution in [1.29, 1.82) is 0 Å². The van der Waals surface area contributed by atoms with Gasteiger partial charge in [-0.05, 0) is 40.5 Å². The van der Waals surface area contributed by atoms with Crippen LogP contribution < -0.4 is 0 Å². The van der Waals surface area contributed by atoms with E-state index in [2.05, 4.69) is 51.2 Å². The molecule has 1 nitrogen and oxygen atoms in total. The Morgan fingerprint density at radius 3 is 2.56 bits per heavy atom. The van der Waals surface area contributed by atoms with Crippen LogP contribution in [-0.4, -0.2) is 4.98 Å². The van der Waals surface area contributed by atoms with Gasteiger partial charge in [0.2, 0.25) is 0 Å². The molecular formula is C13H12BrNS. The van der Waals surface area contributed by atoms with Crippen molar-refractivity contribution in [3.63, 3.8) is 0 Å². The van der Waals surface area contributed by atoms with Crippen molar-refractivity contribution in [2.24, 2.45) is 0 Å². The summed E-state index contributed by atoms with van der Waals surface area (Å²) in [5.74, 6) is 0.967. The zero-order valence-corrected chi connectivity index (χ0v) is 11.4. The molecule has 82 valence electrons. The van der Waals surface area contributed by atoms with Crippen LogP contribution in [0.3, 0.4) is 0 Å². The van der Waals surface area contributed by atoms with Crippen LogP contribution in [0.1, 0.15) is 11.3 Å². The molecule has 1 aromatic heterocycles. The number of thioether (sulfide) groups is 1. The number of rotatable bonds is 3. The molecule has 0 radical (unpaired) electrons. The largest absolute Gasteiger partial charge is 0.246 e. The number of pyridine rings is 1. The molecule has 1 aromatic carbocycles. The Morgan fingerprint density at radius 1 is 1.12 bits per heavy atom. The van der Waals surface area contributed by atoms with Gasteiger partial charge in [0.1, 0.15) is 0 Å². The highest BCUT2D eigenvalue weighted by molar-refractivity contribution is 9.10. The molecule has 2 aromatic rings. The molecule has 0 aliphatic carbocycles. The lowest BCUT2D eigenvalue weighted by Crippen LogP contribution is -1.87. The Morgan fingerprint density at radius 2 is 1.88 bits per heavy atom. The molecule has 0 N–H and O–H groups in total. The van der Waals surface area contributed by atoms with Crippen LogP contribution in [0.15, 0.2) is 52.0 Å². The summed E-state index contributed by atoms with van der Waals surface area (Å²) < 4.78 is 1.07. The normalized spacial score (nSPS) is 10.4. The molecule has 2 rings (SSSR count). The first-order chi connectivity index (χ1) is 7.75. The van der Waals surface area contributed by atoms with E-state index >= 15 is 0 Å². The van der Waals surface area contributed by atoms with Crippen LogP contribution in [0.4, 0.5) is 0 Å². The van der Waals surface area contributed by atoms with Gasteiger partial charge in [0.25, 0.3) is 0 Å². The summed E-state index contributed by atoms with van der Waals surface area (Å²) in [6.07, 6.45) is 0. The van der Waals surface area contributed by atoms with E-state index in [0.717, 1.165) is 20.9 Å². The maximum absolute atomic E-state index is 4.50. The lowest BCUT2D eigenvalue weighted by molar-refractivity contribution is 1.05. The molecule has 3 heteroatoms. The third kappa shape index (κ3) is 3.09. The molecule has 0 spiro atoms. The highest BCUT2D eigenvalue weighted by atomic mass is 79.9. The van der Waals surface area contributed by atoms with Crippen LogP contribution in [0.25, 0.3) is 0 Å². The van der Waals surface area contributed by atoms with Crippen molar-refractivity contribution >= 4 is 27.7 Å². The van der Waals surface area contributed by atoms with Crippen molar-refractivity contribution in [2.45, 2.75) is 17.7 Å². The fourth-order valence-corrected chi connectivity index (χ4v) is 2.43. The molecule has 0 unspecified atom stereocenters. The Kier molecular flexibility index (Phi) is 4.02. The number of hydrogen-bond donors (Lipinski definition) is 0. The van der Waals surface area contributed by atoms with Gasteiger partial charge in [-0.25, -0.2) is 4.98 Å². The molecule has 16 heavy (non-hydrogen) atoms. The van der Waals surface area contributed by atoms with E-state index in [9.17, 15) is 0 Å². The van der Waals surface area contributed by atoms with Gasteiger partial charge in [-0.3, -0.25) is 0 Å². The van der Waals surface area contributed by atoms with Crippen molar-refractivity contribution in [1.82, 2.24) is 4.98 Å². The smallest absolute Gasteiger partial charge is 0.0967 e. The predicted molar refractivity (Wildman–Crippen MR) is 72.7 cm³/mol. The second kappa shape index (κ2) is 5.51. The zero-order chi connectivity index (χ0) is 11.4. The highest BCUT2D eigenvalue weighted by Crippen LogP contribution is 2.23. The monoisotopic (exact) mass is 293 g/mol. The Bertz CT molecular complexity index is 471. The van der Waals surface area contributed by atoms with Gasteiger partial charge in [0.05, 0.1) is 10.7 Å². The van der Waals surface area contributed by atoms with E-state index in [1.165, 1.54) is 5.56 Å². The van der Waals surface area contributed by atoms with E-state index in [-0.39, 0.29) is 0 Å². The molecular weight excluding hydrogens is 282 g/mol. The molecule has 0 aliphatic heterocycles. The number of halogens is 1. The van der Waals surface area contributed by atoms with E-state index < -0.39 is 0 Å². The van der Waals surface area contributed by atoms with Crippen LogP contribution in [0, 0.1) is 6.92 Å². The summed E-state index contributed by atoms with van der Waals surface area (Å²) >= 11 is 5.22. The lowest BCUT2D eigenvalue weighted by Gasteiger charge is -2.03. The second-order valence-corrected chi connectivity index (χ2v) is 5.34. The molecule has 1 heterocycles.